The summed E-state index contributed by atoms with van der Waals surface area (Å²) in [5, 5.41) is 13.8. The van der Waals surface area contributed by atoms with Gasteiger partial charge in [-0.25, -0.2) is 0 Å². The van der Waals surface area contributed by atoms with E-state index in [1.165, 1.54) is 0 Å². The first-order valence-electron chi connectivity index (χ1n) is 9.22. The topological polar surface area (TPSA) is 49.3 Å². The SMILES string of the molecule is CCc1ccccc1NC(=O)c1cc(C(C)(C)C)c(O)c(C(C)(C)C)c1. The third-order valence-corrected chi connectivity index (χ3v) is 4.63. The van der Waals surface area contributed by atoms with E-state index in [1.807, 2.05) is 77.9 Å². The molecule has 0 fully saturated rings. The largest absolute Gasteiger partial charge is 0.507 e. The summed E-state index contributed by atoms with van der Waals surface area (Å²) < 4.78 is 0. The molecule has 26 heavy (non-hydrogen) atoms. The number of aromatic hydroxyl groups is 1. The summed E-state index contributed by atoms with van der Waals surface area (Å²) >= 11 is 0. The Hall–Kier alpha value is -2.29. The average molecular weight is 354 g/mol. The van der Waals surface area contributed by atoms with Crippen LogP contribution < -0.4 is 5.32 Å². The molecule has 0 atom stereocenters. The molecule has 2 aromatic rings. The van der Waals surface area contributed by atoms with Gasteiger partial charge in [-0.3, -0.25) is 4.79 Å². The molecule has 0 spiro atoms. The lowest BCUT2D eigenvalue weighted by molar-refractivity contribution is 0.102. The zero-order chi connectivity index (χ0) is 19.7. The molecule has 0 saturated carbocycles. The number of benzene rings is 2. The van der Waals surface area contributed by atoms with Crippen molar-refractivity contribution in [3.8, 4) is 5.75 Å². The second kappa shape index (κ2) is 7.14. The maximum atomic E-state index is 13.0. The van der Waals surface area contributed by atoms with Gasteiger partial charge in [0.05, 0.1) is 0 Å². The molecule has 0 radical (unpaired) electrons. The van der Waals surface area contributed by atoms with Gasteiger partial charge in [0.1, 0.15) is 5.75 Å². The van der Waals surface area contributed by atoms with Crippen molar-refractivity contribution in [1.82, 2.24) is 0 Å². The van der Waals surface area contributed by atoms with Crippen molar-refractivity contribution in [1.29, 1.82) is 0 Å². The average Bonchev–Trinajstić information content (AvgIpc) is 2.53. The van der Waals surface area contributed by atoms with Crippen LogP contribution in [0.15, 0.2) is 36.4 Å². The lowest BCUT2D eigenvalue weighted by atomic mass is 9.78. The van der Waals surface area contributed by atoms with Gasteiger partial charge in [0.2, 0.25) is 0 Å². The maximum absolute atomic E-state index is 13.0. The van der Waals surface area contributed by atoms with Crippen molar-refractivity contribution < 1.29 is 9.90 Å². The third-order valence-electron chi connectivity index (χ3n) is 4.63. The summed E-state index contributed by atoms with van der Waals surface area (Å²) in [4.78, 5) is 13.0. The minimum atomic E-state index is -0.262. The van der Waals surface area contributed by atoms with Gasteiger partial charge in [-0.2, -0.15) is 0 Å². The first kappa shape index (κ1) is 20.0. The zero-order valence-corrected chi connectivity index (χ0v) is 17.0. The molecule has 0 aliphatic rings. The molecule has 0 unspecified atom stereocenters. The molecule has 2 N–H and O–H groups in total. The molecule has 2 aromatic carbocycles. The van der Waals surface area contributed by atoms with Crippen LogP contribution in [0.1, 0.15) is 75.5 Å². The van der Waals surface area contributed by atoms with E-state index < -0.39 is 0 Å². The molecule has 0 bridgehead atoms. The Labute approximate surface area is 157 Å². The number of hydrogen-bond acceptors (Lipinski definition) is 2. The summed E-state index contributed by atoms with van der Waals surface area (Å²) in [5.41, 5.74) is 3.57. The van der Waals surface area contributed by atoms with Gasteiger partial charge in [-0.1, -0.05) is 66.7 Å². The second-order valence-corrected chi connectivity index (χ2v) is 8.88. The summed E-state index contributed by atoms with van der Waals surface area (Å²) in [6.45, 7) is 14.3. The van der Waals surface area contributed by atoms with Crippen LogP contribution in [-0.4, -0.2) is 11.0 Å². The van der Waals surface area contributed by atoms with Crippen molar-refractivity contribution in [3.05, 3.63) is 58.7 Å². The van der Waals surface area contributed by atoms with Crippen LogP contribution >= 0.6 is 0 Å². The minimum Gasteiger partial charge on any atom is -0.507 e. The van der Waals surface area contributed by atoms with E-state index in [0.717, 1.165) is 28.8 Å². The van der Waals surface area contributed by atoms with Crippen molar-refractivity contribution in [3.63, 3.8) is 0 Å². The van der Waals surface area contributed by atoms with E-state index in [0.29, 0.717) is 5.56 Å². The molecule has 2 rings (SSSR count). The van der Waals surface area contributed by atoms with Crippen LogP contribution in [0.2, 0.25) is 0 Å². The van der Waals surface area contributed by atoms with Crippen LogP contribution in [0, 0.1) is 0 Å². The smallest absolute Gasteiger partial charge is 0.255 e. The molecule has 1 amide bonds. The van der Waals surface area contributed by atoms with E-state index in [2.05, 4.69) is 12.2 Å². The highest BCUT2D eigenvalue weighted by Crippen LogP contribution is 2.39. The fourth-order valence-electron chi connectivity index (χ4n) is 3.05. The Balaban J connectivity index is 2.53. The maximum Gasteiger partial charge on any atom is 0.255 e. The van der Waals surface area contributed by atoms with Gasteiger partial charge in [-0.15, -0.1) is 0 Å². The monoisotopic (exact) mass is 353 g/mol. The lowest BCUT2D eigenvalue weighted by Crippen LogP contribution is -2.21. The molecule has 0 heterocycles. The molecule has 0 aliphatic carbocycles. The number of phenols is 1. The molecule has 3 nitrogen and oxygen atoms in total. The Morgan fingerprint density at radius 2 is 1.46 bits per heavy atom. The molecule has 0 saturated heterocycles. The predicted octanol–water partition coefficient (Wildman–Crippen LogP) is 5.80. The zero-order valence-electron chi connectivity index (χ0n) is 17.0. The number of carbonyl (C=O) groups excluding carboxylic acids is 1. The van der Waals surface area contributed by atoms with E-state index in [9.17, 15) is 9.90 Å². The van der Waals surface area contributed by atoms with Gasteiger partial charge in [0, 0.05) is 22.4 Å². The van der Waals surface area contributed by atoms with Gasteiger partial charge in [0.15, 0.2) is 0 Å². The minimum absolute atomic E-state index is 0.151. The molecular weight excluding hydrogens is 322 g/mol. The van der Waals surface area contributed by atoms with Gasteiger partial charge < -0.3 is 10.4 Å². The van der Waals surface area contributed by atoms with Crippen LogP contribution in [0.3, 0.4) is 0 Å². The molecule has 3 heteroatoms. The van der Waals surface area contributed by atoms with Gasteiger partial charge >= 0.3 is 0 Å². The van der Waals surface area contributed by atoms with Crippen LogP contribution in [0.4, 0.5) is 5.69 Å². The Morgan fingerprint density at radius 3 is 1.92 bits per heavy atom. The number of carbonyl (C=O) groups is 1. The van der Waals surface area contributed by atoms with Crippen molar-refractivity contribution >= 4 is 11.6 Å². The normalized spacial score (nSPS) is 12.1. The van der Waals surface area contributed by atoms with E-state index >= 15 is 0 Å². The van der Waals surface area contributed by atoms with Crippen LogP contribution in [0.5, 0.6) is 5.75 Å². The molecule has 0 aromatic heterocycles. The number of aryl methyl sites for hydroxylation is 1. The van der Waals surface area contributed by atoms with Crippen molar-refractivity contribution in [2.24, 2.45) is 0 Å². The Morgan fingerprint density at radius 1 is 0.962 bits per heavy atom. The van der Waals surface area contributed by atoms with Crippen LogP contribution in [-0.2, 0) is 17.3 Å². The van der Waals surface area contributed by atoms with E-state index in [1.54, 1.807) is 0 Å². The fourth-order valence-corrected chi connectivity index (χ4v) is 3.05. The van der Waals surface area contributed by atoms with E-state index in [4.69, 9.17) is 0 Å². The van der Waals surface area contributed by atoms with Gasteiger partial charge in [-0.05, 0) is 41.0 Å². The van der Waals surface area contributed by atoms with Gasteiger partial charge in [0.25, 0.3) is 5.91 Å². The highest BCUT2D eigenvalue weighted by molar-refractivity contribution is 6.05. The first-order chi connectivity index (χ1) is 11.9. The predicted molar refractivity (Wildman–Crippen MR) is 109 cm³/mol. The molecule has 140 valence electrons. The Bertz CT molecular complexity index is 773. The highest BCUT2D eigenvalue weighted by Gasteiger charge is 2.27. The fraction of sp³-hybridized carbons (Fsp3) is 0.435. The third kappa shape index (κ3) is 4.27. The number of nitrogens with one attached hydrogen (secondary N) is 1. The van der Waals surface area contributed by atoms with Crippen molar-refractivity contribution in [2.75, 3.05) is 5.32 Å². The van der Waals surface area contributed by atoms with Crippen LogP contribution in [0.25, 0.3) is 0 Å². The van der Waals surface area contributed by atoms with E-state index in [-0.39, 0.29) is 22.5 Å². The standard InChI is InChI=1S/C23H31NO2/c1-8-15-11-9-10-12-19(15)24-21(26)16-13-17(22(2,3)4)20(25)18(14-16)23(5,6)7/h9-14,25H,8H2,1-7H3,(H,24,26). The quantitative estimate of drug-likeness (QED) is 0.732. The number of amides is 1. The summed E-state index contributed by atoms with van der Waals surface area (Å²) in [5.74, 6) is 0.136. The van der Waals surface area contributed by atoms with Crippen molar-refractivity contribution in [2.45, 2.75) is 65.7 Å². The summed E-state index contributed by atoms with van der Waals surface area (Å²) in [6, 6.07) is 11.5. The number of anilines is 1. The summed E-state index contributed by atoms with van der Waals surface area (Å²) in [7, 11) is 0. The molecular formula is C23H31NO2. The first-order valence-corrected chi connectivity index (χ1v) is 9.22. The molecule has 0 aliphatic heterocycles. The number of phenolic OH excluding ortho intramolecular Hbond substituents is 1. The number of para-hydroxylation sites is 1. The number of hydrogen-bond donors (Lipinski definition) is 2. The summed E-state index contributed by atoms with van der Waals surface area (Å²) in [6.07, 6.45) is 0.854. The Kier molecular flexibility index (Phi) is 5.50. The number of rotatable bonds is 3. The second-order valence-electron chi connectivity index (χ2n) is 8.88. The highest BCUT2D eigenvalue weighted by atomic mass is 16.3. The lowest BCUT2D eigenvalue weighted by Gasteiger charge is -2.28.